The Labute approximate surface area is 94.1 Å². The van der Waals surface area contributed by atoms with E-state index in [0.717, 1.165) is 11.6 Å². The van der Waals surface area contributed by atoms with E-state index in [1.807, 2.05) is 26.2 Å². The molecule has 0 aliphatic rings. The standard InChI is InChI=1S/C10H17N3OS/c1-4-13-10(2,3)9(14)12-7-8-11-5-6-15-8/h5-6,13H,4,7H2,1-3H3,(H,12,14). The van der Waals surface area contributed by atoms with Gasteiger partial charge in [-0.2, -0.15) is 0 Å². The number of amides is 1. The summed E-state index contributed by atoms with van der Waals surface area (Å²) in [5, 5.41) is 8.81. The summed E-state index contributed by atoms with van der Waals surface area (Å²) in [5.74, 6) is -0.000417. The first-order valence-corrected chi connectivity index (χ1v) is 5.86. The SMILES string of the molecule is CCNC(C)(C)C(=O)NCc1nccs1. The van der Waals surface area contributed by atoms with Crippen LogP contribution in [0.4, 0.5) is 0 Å². The van der Waals surface area contributed by atoms with E-state index in [2.05, 4.69) is 15.6 Å². The highest BCUT2D eigenvalue weighted by molar-refractivity contribution is 7.09. The van der Waals surface area contributed by atoms with E-state index < -0.39 is 5.54 Å². The summed E-state index contributed by atoms with van der Waals surface area (Å²) in [5.41, 5.74) is -0.522. The molecular weight excluding hydrogens is 210 g/mol. The third kappa shape index (κ3) is 3.60. The molecule has 1 aromatic rings. The normalized spacial score (nSPS) is 11.4. The summed E-state index contributed by atoms with van der Waals surface area (Å²) in [6.07, 6.45) is 1.74. The van der Waals surface area contributed by atoms with Crippen LogP contribution in [0.1, 0.15) is 25.8 Å². The molecule has 4 nitrogen and oxygen atoms in total. The fraction of sp³-hybridized carbons (Fsp3) is 0.600. The first kappa shape index (κ1) is 12.1. The van der Waals surface area contributed by atoms with Gasteiger partial charge in [0.25, 0.3) is 0 Å². The van der Waals surface area contributed by atoms with Crippen LogP contribution >= 0.6 is 11.3 Å². The Bertz CT molecular complexity index is 308. The molecule has 0 radical (unpaired) electrons. The highest BCUT2D eigenvalue weighted by atomic mass is 32.1. The summed E-state index contributed by atoms with van der Waals surface area (Å²) in [6, 6.07) is 0. The molecule has 0 atom stereocenters. The van der Waals surface area contributed by atoms with Gasteiger partial charge in [0.05, 0.1) is 12.1 Å². The van der Waals surface area contributed by atoms with Gasteiger partial charge < -0.3 is 10.6 Å². The van der Waals surface area contributed by atoms with E-state index >= 15 is 0 Å². The van der Waals surface area contributed by atoms with Gasteiger partial charge in [-0.3, -0.25) is 4.79 Å². The monoisotopic (exact) mass is 227 g/mol. The Morgan fingerprint density at radius 3 is 2.87 bits per heavy atom. The maximum Gasteiger partial charge on any atom is 0.240 e. The zero-order chi connectivity index (χ0) is 11.3. The van der Waals surface area contributed by atoms with Crippen molar-refractivity contribution in [1.82, 2.24) is 15.6 Å². The zero-order valence-corrected chi connectivity index (χ0v) is 10.1. The van der Waals surface area contributed by atoms with Gasteiger partial charge in [0.1, 0.15) is 5.01 Å². The molecular formula is C10H17N3OS. The van der Waals surface area contributed by atoms with Crippen LogP contribution in [0.5, 0.6) is 0 Å². The molecule has 0 unspecified atom stereocenters. The summed E-state index contributed by atoms with van der Waals surface area (Å²) >= 11 is 1.54. The Hall–Kier alpha value is -0.940. The number of hydrogen-bond acceptors (Lipinski definition) is 4. The van der Waals surface area contributed by atoms with E-state index in [1.54, 1.807) is 17.5 Å². The second-order valence-electron chi connectivity index (χ2n) is 3.76. The lowest BCUT2D eigenvalue weighted by Gasteiger charge is -2.24. The lowest BCUT2D eigenvalue weighted by atomic mass is 10.1. The van der Waals surface area contributed by atoms with Crippen molar-refractivity contribution in [2.75, 3.05) is 6.54 Å². The van der Waals surface area contributed by atoms with Gasteiger partial charge in [0.15, 0.2) is 0 Å². The van der Waals surface area contributed by atoms with Crippen molar-refractivity contribution < 1.29 is 4.79 Å². The van der Waals surface area contributed by atoms with Crippen molar-refractivity contribution in [3.63, 3.8) is 0 Å². The summed E-state index contributed by atoms with van der Waals surface area (Å²) in [4.78, 5) is 15.9. The van der Waals surface area contributed by atoms with E-state index in [4.69, 9.17) is 0 Å². The number of aromatic nitrogens is 1. The Balaban J connectivity index is 2.42. The lowest BCUT2D eigenvalue weighted by molar-refractivity contribution is -0.126. The molecule has 1 amide bonds. The number of nitrogens with one attached hydrogen (secondary N) is 2. The fourth-order valence-electron chi connectivity index (χ4n) is 1.24. The number of thiazole rings is 1. The Morgan fingerprint density at radius 2 is 2.33 bits per heavy atom. The molecule has 1 aromatic heterocycles. The van der Waals surface area contributed by atoms with Crippen LogP contribution in [0, 0.1) is 0 Å². The molecule has 84 valence electrons. The van der Waals surface area contributed by atoms with Crippen molar-refractivity contribution in [2.24, 2.45) is 0 Å². The third-order valence-electron chi connectivity index (χ3n) is 2.07. The first-order valence-electron chi connectivity index (χ1n) is 4.98. The highest BCUT2D eigenvalue weighted by Crippen LogP contribution is 2.05. The van der Waals surface area contributed by atoms with Crippen LogP contribution in [0.2, 0.25) is 0 Å². The molecule has 0 saturated carbocycles. The number of carbonyl (C=O) groups is 1. The maximum absolute atomic E-state index is 11.8. The topological polar surface area (TPSA) is 54.0 Å². The molecule has 0 spiro atoms. The van der Waals surface area contributed by atoms with Gasteiger partial charge in [-0.1, -0.05) is 6.92 Å². The van der Waals surface area contributed by atoms with Gasteiger partial charge >= 0.3 is 0 Å². The Morgan fingerprint density at radius 1 is 1.60 bits per heavy atom. The van der Waals surface area contributed by atoms with Gasteiger partial charge in [-0.25, -0.2) is 4.98 Å². The number of hydrogen-bond donors (Lipinski definition) is 2. The number of rotatable bonds is 5. The van der Waals surface area contributed by atoms with Crippen LogP contribution < -0.4 is 10.6 Å². The summed E-state index contributed by atoms with van der Waals surface area (Å²) in [7, 11) is 0. The van der Waals surface area contributed by atoms with Crippen molar-refractivity contribution in [1.29, 1.82) is 0 Å². The quantitative estimate of drug-likeness (QED) is 0.793. The maximum atomic E-state index is 11.8. The average Bonchev–Trinajstić information content (AvgIpc) is 2.66. The van der Waals surface area contributed by atoms with E-state index in [1.165, 1.54) is 0 Å². The minimum Gasteiger partial charge on any atom is -0.348 e. The van der Waals surface area contributed by atoms with Crippen molar-refractivity contribution in [3.05, 3.63) is 16.6 Å². The number of likely N-dealkylation sites (N-methyl/N-ethyl adjacent to an activating group) is 1. The van der Waals surface area contributed by atoms with Crippen LogP contribution in [-0.4, -0.2) is 23.0 Å². The molecule has 2 N–H and O–H groups in total. The molecule has 15 heavy (non-hydrogen) atoms. The second kappa shape index (κ2) is 5.23. The number of carbonyl (C=O) groups excluding carboxylic acids is 1. The first-order chi connectivity index (χ1) is 7.06. The van der Waals surface area contributed by atoms with E-state index in [9.17, 15) is 4.79 Å². The lowest BCUT2D eigenvalue weighted by Crippen LogP contribution is -2.52. The van der Waals surface area contributed by atoms with Crippen LogP contribution in [0.3, 0.4) is 0 Å². The molecule has 0 aliphatic carbocycles. The molecule has 0 fully saturated rings. The summed E-state index contributed by atoms with van der Waals surface area (Å²) in [6.45, 7) is 7.00. The van der Waals surface area contributed by atoms with Crippen LogP contribution in [0.15, 0.2) is 11.6 Å². The molecule has 5 heteroatoms. The number of nitrogens with zero attached hydrogens (tertiary/aromatic N) is 1. The third-order valence-corrected chi connectivity index (χ3v) is 2.85. The molecule has 0 aromatic carbocycles. The van der Waals surface area contributed by atoms with Gasteiger partial charge in [-0.05, 0) is 20.4 Å². The highest BCUT2D eigenvalue weighted by Gasteiger charge is 2.25. The van der Waals surface area contributed by atoms with Crippen LogP contribution in [-0.2, 0) is 11.3 Å². The van der Waals surface area contributed by atoms with E-state index in [-0.39, 0.29) is 5.91 Å². The predicted molar refractivity (Wildman–Crippen MR) is 61.7 cm³/mol. The molecule has 1 rings (SSSR count). The smallest absolute Gasteiger partial charge is 0.240 e. The minimum absolute atomic E-state index is 0.000417. The van der Waals surface area contributed by atoms with Crippen molar-refractivity contribution >= 4 is 17.2 Å². The predicted octanol–water partition coefficient (Wildman–Crippen LogP) is 1.15. The second-order valence-corrected chi connectivity index (χ2v) is 4.74. The summed E-state index contributed by atoms with van der Waals surface area (Å²) < 4.78 is 0. The minimum atomic E-state index is -0.522. The van der Waals surface area contributed by atoms with Gasteiger partial charge in [-0.15, -0.1) is 11.3 Å². The fourth-order valence-corrected chi connectivity index (χ4v) is 1.80. The molecule has 0 bridgehead atoms. The zero-order valence-electron chi connectivity index (χ0n) is 9.33. The van der Waals surface area contributed by atoms with E-state index in [0.29, 0.717) is 6.54 Å². The molecule has 0 saturated heterocycles. The van der Waals surface area contributed by atoms with Gasteiger partial charge in [0.2, 0.25) is 5.91 Å². The van der Waals surface area contributed by atoms with Gasteiger partial charge in [0, 0.05) is 11.6 Å². The average molecular weight is 227 g/mol. The molecule has 1 heterocycles. The largest absolute Gasteiger partial charge is 0.348 e. The van der Waals surface area contributed by atoms with Crippen molar-refractivity contribution in [2.45, 2.75) is 32.9 Å². The van der Waals surface area contributed by atoms with Crippen LogP contribution in [0.25, 0.3) is 0 Å². The molecule has 0 aliphatic heterocycles. The van der Waals surface area contributed by atoms with Crippen molar-refractivity contribution in [3.8, 4) is 0 Å². The Kier molecular flexibility index (Phi) is 4.23.